The molecule has 0 aliphatic carbocycles. The average Bonchev–Trinajstić information content (AvgIpc) is 3.42. The molecule has 1 amide bonds. The number of rotatable bonds is 7. The summed E-state index contributed by atoms with van der Waals surface area (Å²) in [5.41, 5.74) is 3.93. The lowest BCUT2D eigenvalue weighted by molar-refractivity contribution is -0.115. The summed E-state index contributed by atoms with van der Waals surface area (Å²) >= 11 is 2.91. The minimum absolute atomic E-state index is 0.0798. The number of amides is 1. The third kappa shape index (κ3) is 5.83. The highest BCUT2D eigenvalue weighted by Gasteiger charge is 2.15. The van der Waals surface area contributed by atoms with Crippen LogP contribution in [0.2, 0.25) is 0 Å². The topological polar surface area (TPSA) is 80.9 Å². The normalized spacial score (nSPS) is 11.5. The van der Waals surface area contributed by atoms with E-state index in [2.05, 4.69) is 53.4 Å². The maximum atomic E-state index is 12.2. The smallest absolute Gasteiger partial charge is 0.277 e. The highest BCUT2D eigenvalue weighted by molar-refractivity contribution is 7.98. The molecule has 164 valence electrons. The van der Waals surface area contributed by atoms with Crippen LogP contribution in [0.1, 0.15) is 37.0 Å². The lowest BCUT2D eigenvalue weighted by Crippen LogP contribution is -2.14. The fraction of sp³-hybridized carbons (Fsp3) is 0.250. The molecule has 0 saturated carbocycles. The number of anilines is 1. The van der Waals surface area contributed by atoms with E-state index in [1.54, 1.807) is 0 Å². The largest absolute Gasteiger partial charge is 0.411 e. The van der Waals surface area contributed by atoms with Gasteiger partial charge >= 0.3 is 0 Å². The first-order valence-corrected chi connectivity index (χ1v) is 12.1. The molecular weight excluding hydrogens is 440 g/mol. The number of thiazole rings is 1. The Morgan fingerprint density at radius 1 is 1.06 bits per heavy atom. The minimum atomic E-state index is -0.0798. The van der Waals surface area contributed by atoms with E-state index < -0.39 is 0 Å². The van der Waals surface area contributed by atoms with Gasteiger partial charge in [-0.2, -0.15) is 0 Å². The summed E-state index contributed by atoms with van der Waals surface area (Å²) in [6.45, 7) is 6.55. The quantitative estimate of drug-likeness (QED) is 0.340. The summed E-state index contributed by atoms with van der Waals surface area (Å²) in [4.78, 5) is 16.8. The maximum absolute atomic E-state index is 12.2. The molecule has 2 heterocycles. The number of carbonyl (C=O) groups is 1. The van der Waals surface area contributed by atoms with Crippen LogP contribution in [-0.2, 0) is 22.4 Å². The van der Waals surface area contributed by atoms with Gasteiger partial charge in [-0.3, -0.25) is 4.79 Å². The van der Waals surface area contributed by atoms with Crippen LogP contribution >= 0.6 is 23.1 Å². The van der Waals surface area contributed by atoms with Gasteiger partial charge in [0.05, 0.1) is 12.1 Å². The van der Waals surface area contributed by atoms with Gasteiger partial charge in [0.1, 0.15) is 5.01 Å². The van der Waals surface area contributed by atoms with E-state index in [9.17, 15) is 4.79 Å². The Morgan fingerprint density at radius 3 is 2.53 bits per heavy atom. The van der Waals surface area contributed by atoms with Gasteiger partial charge in [-0.25, -0.2) is 4.98 Å². The van der Waals surface area contributed by atoms with Crippen molar-refractivity contribution in [2.75, 3.05) is 5.32 Å². The lowest BCUT2D eigenvalue weighted by Gasteiger charge is -2.18. The standard InChI is InChI=1S/C24H24N4O2S2/c1-24(2,3)17-11-9-16(10-12-17)22-27-28-23(30-22)32-15-19-14-31-21(26-19)13-20(29)25-18-7-5-4-6-8-18/h4-12,14H,13,15H2,1-3H3,(H,25,29). The molecule has 0 aliphatic rings. The molecular formula is C24H24N4O2S2. The zero-order valence-corrected chi connectivity index (χ0v) is 19.8. The molecule has 0 radical (unpaired) electrons. The first-order valence-electron chi connectivity index (χ1n) is 10.2. The van der Waals surface area contributed by atoms with E-state index in [4.69, 9.17) is 4.42 Å². The highest BCUT2D eigenvalue weighted by atomic mass is 32.2. The predicted octanol–water partition coefficient (Wildman–Crippen LogP) is 5.96. The lowest BCUT2D eigenvalue weighted by atomic mass is 9.87. The van der Waals surface area contributed by atoms with E-state index in [-0.39, 0.29) is 17.7 Å². The van der Waals surface area contributed by atoms with Gasteiger partial charge in [-0.15, -0.1) is 21.5 Å². The van der Waals surface area contributed by atoms with Crippen molar-refractivity contribution in [1.29, 1.82) is 0 Å². The number of aromatic nitrogens is 3. The van der Waals surface area contributed by atoms with Crippen LogP contribution in [0.5, 0.6) is 0 Å². The first-order chi connectivity index (χ1) is 15.4. The van der Waals surface area contributed by atoms with Crippen LogP contribution in [0, 0.1) is 0 Å². The molecule has 0 unspecified atom stereocenters. The van der Waals surface area contributed by atoms with Crippen molar-refractivity contribution in [3.05, 3.63) is 76.2 Å². The average molecular weight is 465 g/mol. The van der Waals surface area contributed by atoms with E-state index >= 15 is 0 Å². The van der Waals surface area contributed by atoms with Crippen LogP contribution in [0.25, 0.3) is 11.5 Å². The second-order valence-electron chi connectivity index (χ2n) is 8.31. The number of para-hydroxylation sites is 1. The zero-order chi connectivity index (χ0) is 22.6. The monoisotopic (exact) mass is 464 g/mol. The number of nitrogens with one attached hydrogen (secondary N) is 1. The van der Waals surface area contributed by atoms with Gasteiger partial charge in [-0.05, 0) is 35.2 Å². The molecule has 0 atom stereocenters. The molecule has 32 heavy (non-hydrogen) atoms. The number of thioether (sulfide) groups is 1. The van der Waals surface area contributed by atoms with Crippen LogP contribution in [0.3, 0.4) is 0 Å². The molecule has 2 aromatic carbocycles. The molecule has 0 fully saturated rings. The Morgan fingerprint density at radius 2 is 1.81 bits per heavy atom. The fourth-order valence-corrected chi connectivity index (χ4v) is 4.55. The van der Waals surface area contributed by atoms with E-state index in [1.165, 1.54) is 28.7 Å². The van der Waals surface area contributed by atoms with Gasteiger partial charge in [0.2, 0.25) is 11.8 Å². The van der Waals surface area contributed by atoms with Crippen LogP contribution in [0.4, 0.5) is 5.69 Å². The molecule has 8 heteroatoms. The molecule has 2 aromatic heterocycles. The van der Waals surface area contributed by atoms with Crippen molar-refractivity contribution >= 4 is 34.7 Å². The zero-order valence-electron chi connectivity index (χ0n) is 18.2. The molecule has 0 bridgehead atoms. The summed E-state index contributed by atoms with van der Waals surface area (Å²) in [6.07, 6.45) is 0.249. The first kappa shape index (κ1) is 22.2. The van der Waals surface area contributed by atoms with E-state index in [0.717, 1.165) is 22.0 Å². The number of hydrogen-bond donors (Lipinski definition) is 1. The Labute approximate surface area is 195 Å². The van der Waals surface area contributed by atoms with Crippen molar-refractivity contribution < 1.29 is 9.21 Å². The van der Waals surface area contributed by atoms with Crippen molar-refractivity contribution in [3.8, 4) is 11.5 Å². The molecule has 1 N–H and O–H groups in total. The van der Waals surface area contributed by atoms with Crippen LogP contribution in [0.15, 0.2) is 69.6 Å². The third-order valence-corrected chi connectivity index (χ3v) is 6.47. The fourth-order valence-electron chi connectivity index (χ4n) is 2.99. The summed E-state index contributed by atoms with van der Waals surface area (Å²) in [6, 6.07) is 17.6. The molecule has 0 aliphatic heterocycles. The minimum Gasteiger partial charge on any atom is -0.411 e. The summed E-state index contributed by atoms with van der Waals surface area (Å²) in [5.74, 6) is 1.02. The van der Waals surface area contributed by atoms with Crippen LogP contribution < -0.4 is 5.32 Å². The molecule has 0 saturated heterocycles. The third-order valence-electron chi connectivity index (χ3n) is 4.72. The Bertz CT molecular complexity index is 1180. The summed E-state index contributed by atoms with van der Waals surface area (Å²) in [7, 11) is 0. The van der Waals surface area contributed by atoms with Gasteiger partial charge in [-0.1, -0.05) is 62.9 Å². The number of carbonyl (C=O) groups excluding carboxylic acids is 1. The number of hydrogen-bond acceptors (Lipinski definition) is 7. The van der Waals surface area contributed by atoms with E-state index in [0.29, 0.717) is 16.9 Å². The summed E-state index contributed by atoms with van der Waals surface area (Å²) < 4.78 is 5.81. The van der Waals surface area contributed by atoms with Gasteiger partial charge in [0, 0.05) is 22.4 Å². The maximum Gasteiger partial charge on any atom is 0.277 e. The number of benzene rings is 2. The molecule has 4 rings (SSSR count). The van der Waals surface area contributed by atoms with E-state index in [1.807, 2.05) is 47.8 Å². The van der Waals surface area contributed by atoms with Crippen LogP contribution in [-0.4, -0.2) is 21.1 Å². The van der Waals surface area contributed by atoms with Gasteiger partial charge < -0.3 is 9.73 Å². The second kappa shape index (κ2) is 9.67. The van der Waals surface area contributed by atoms with Gasteiger partial charge in [0.25, 0.3) is 5.22 Å². The Kier molecular flexibility index (Phi) is 6.72. The van der Waals surface area contributed by atoms with Gasteiger partial charge in [0.15, 0.2) is 0 Å². The SMILES string of the molecule is CC(C)(C)c1ccc(-c2nnc(SCc3csc(CC(=O)Nc4ccccc4)n3)o2)cc1. The van der Waals surface area contributed by atoms with Crippen molar-refractivity contribution in [2.24, 2.45) is 0 Å². The number of nitrogens with zero attached hydrogens (tertiary/aromatic N) is 3. The van der Waals surface area contributed by atoms with Crippen molar-refractivity contribution in [3.63, 3.8) is 0 Å². The predicted molar refractivity (Wildman–Crippen MR) is 129 cm³/mol. The summed E-state index contributed by atoms with van der Waals surface area (Å²) in [5, 5.41) is 14.4. The highest BCUT2D eigenvalue weighted by Crippen LogP contribution is 2.28. The Balaban J connectivity index is 1.31. The van der Waals surface area contributed by atoms with Crippen molar-refractivity contribution in [1.82, 2.24) is 15.2 Å². The second-order valence-corrected chi connectivity index (χ2v) is 10.2. The Hall–Kier alpha value is -2.97. The molecule has 4 aromatic rings. The molecule has 6 nitrogen and oxygen atoms in total. The molecule has 0 spiro atoms. The van der Waals surface area contributed by atoms with Crippen molar-refractivity contribution in [2.45, 2.75) is 43.6 Å².